The van der Waals surface area contributed by atoms with Crippen LogP contribution in [0.4, 0.5) is 4.39 Å². The first-order valence-electron chi connectivity index (χ1n) is 3.84. The van der Waals surface area contributed by atoms with E-state index in [2.05, 4.69) is 10.1 Å². The third kappa shape index (κ3) is 2.76. The minimum absolute atomic E-state index is 0. The molecule has 5 nitrogen and oxygen atoms in total. The molecule has 7 heteroatoms. The number of benzene rings is 1. The van der Waals surface area contributed by atoms with Crippen LogP contribution in [0, 0.1) is 5.82 Å². The van der Waals surface area contributed by atoms with Crippen molar-refractivity contribution in [1.29, 1.82) is 0 Å². The zero-order chi connectivity index (χ0) is 9.97. The molecule has 78 valence electrons. The maximum atomic E-state index is 13.3. The molecule has 0 aliphatic heterocycles. The Kier molecular flexibility index (Phi) is 5.60. The van der Waals surface area contributed by atoms with Crippen molar-refractivity contribution in [2.75, 3.05) is 0 Å². The summed E-state index contributed by atoms with van der Waals surface area (Å²) in [5, 5.41) is 3.77. The van der Waals surface area contributed by atoms with Gasteiger partial charge in [0.2, 0.25) is 0 Å². The van der Waals surface area contributed by atoms with E-state index in [-0.39, 0.29) is 35.6 Å². The predicted molar refractivity (Wildman–Crippen MR) is 48.0 cm³/mol. The van der Waals surface area contributed by atoms with Crippen LogP contribution < -0.4 is 18.9 Å². The summed E-state index contributed by atoms with van der Waals surface area (Å²) in [6.07, 6.45) is 4.29. The molecule has 0 bridgehead atoms. The molecule has 0 unspecified atom stereocenters. The van der Waals surface area contributed by atoms with Crippen LogP contribution >= 0.6 is 0 Å². The Hall–Kier alpha value is -1.48. The van der Waals surface area contributed by atoms with E-state index in [4.69, 9.17) is 0 Å². The number of nitrogens with zero attached hydrogens (tertiary/aromatic N) is 3. The molecular weight excluding hydrogens is 208 g/mol. The van der Waals surface area contributed by atoms with Gasteiger partial charge in [-0.15, -0.1) is 11.6 Å². The standard InChI is InChI=1S/C9H5FN3O.Li.H2O/c10-8-3-7(4-14)1-2-9(8)13-6-11-5-12-13;;/h1-3,5-6H;;1H2/q-1;+1;/p-1. The van der Waals surface area contributed by atoms with Gasteiger partial charge in [0, 0.05) is 0 Å². The second kappa shape index (κ2) is 6.18. The molecule has 0 spiro atoms. The fourth-order valence-electron chi connectivity index (χ4n) is 1.09. The van der Waals surface area contributed by atoms with Crippen molar-refractivity contribution in [3.63, 3.8) is 0 Å². The minimum atomic E-state index is -0.531. The van der Waals surface area contributed by atoms with Gasteiger partial charge in [-0.25, -0.2) is 14.1 Å². The van der Waals surface area contributed by atoms with Crippen LogP contribution in [0.3, 0.4) is 0 Å². The first-order valence-corrected chi connectivity index (χ1v) is 3.84. The fraction of sp³-hybridized carbons (Fsp3) is 0. The SMILES string of the molecule is O=[C-]c1ccc(-n2cncn2)c(F)c1.[Li+].[OH-]. The topological polar surface area (TPSA) is 77.8 Å². The van der Waals surface area contributed by atoms with Crippen molar-refractivity contribution >= 4 is 6.29 Å². The number of hydrogen-bond acceptors (Lipinski definition) is 4. The molecule has 0 amide bonds. The molecule has 0 saturated carbocycles. The molecular formula is C9H6FLiN3O2-. The molecule has 1 aromatic heterocycles. The van der Waals surface area contributed by atoms with E-state index in [9.17, 15) is 9.18 Å². The number of carbonyl (C=O) groups excluding carboxylic acids is 1. The van der Waals surface area contributed by atoms with E-state index in [1.165, 1.54) is 29.5 Å². The van der Waals surface area contributed by atoms with Gasteiger partial charge < -0.3 is 10.3 Å². The van der Waals surface area contributed by atoms with E-state index >= 15 is 0 Å². The molecule has 16 heavy (non-hydrogen) atoms. The van der Waals surface area contributed by atoms with Crippen LogP contribution in [0.15, 0.2) is 30.9 Å². The minimum Gasteiger partial charge on any atom is -0.870 e. The van der Waals surface area contributed by atoms with Crippen molar-refractivity contribution in [3.8, 4) is 5.69 Å². The van der Waals surface area contributed by atoms with Gasteiger partial charge in [-0.2, -0.15) is 11.2 Å². The molecule has 1 N–H and O–H groups in total. The van der Waals surface area contributed by atoms with E-state index < -0.39 is 5.82 Å². The third-order valence-corrected chi connectivity index (χ3v) is 1.73. The summed E-state index contributed by atoms with van der Waals surface area (Å²) in [4.78, 5) is 13.9. The molecule has 0 aliphatic rings. The van der Waals surface area contributed by atoms with Crippen LogP contribution in [-0.2, 0) is 4.79 Å². The van der Waals surface area contributed by atoms with Gasteiger partial charge in [0.05, 0.1) is 17.8 Å². The van der Waals surface area contributed by atoms with Gasteiger partial charge in [0.1, 0.15) is 12.7 Å². The second-order valence-corrected chi connectivity index (χ2v) is 2.61. The maximum absolute atomic E-state index is 13.3. The Labute approximate surface area is 103 Å². The van der Waals surface area contributed by atoms with Crippen molar-refractivity contribution in [1.82, 2.24) is 14.8 Å². The van der Waals surface area contributed by atoms with Crippen LogP contribution in [0.5, 0.6) is 0 Å². The number of halogens is 1. The van der Waals surface area contributed by atoms with Gasteiger partial charge in [0.25, 0.3) is 0 Å². The summed E-state index contributed by atoms with van der Waals surface area (Å²) in [6.45, 7) is 0. The first kappa shape index (κ1) is 14.5. The Morgan fingerprint density at radius 2 is 2.12 bits per heavy atom. The zero-order valence-electron chi connectivity index (χ0n) is 8.46. The van der Waals surface area contributed by atoms with Gasteiger partial charge in [-0.05, 0) is 0 Å². The smallest absolute Gasteiger partial charge is 0.870 e. The molecule has 2 aromatic rings. The molecule has 0 aliphatic carbocycles. The van der Waals surface area contributed by atoms with Crippen LogP contribution in [-0.4, -0.2) is 26.5 Å². The van der Waals surface area contributed by atoms with Gasteiger partial charge in [-0.3, -0.25) is 0 Å². The van der Waals surface area contributed by atoms with E-state index in [1.807, 2.05) is 0 Å². The second-order valence-electron chi connectivity index (χ2n) is 2.61. The van der Waals surface area contributed by atoms with Gasteiger partial charge >= 0.3 is 18.9 Å². The number of hydrogen-bond donors (Lipinski definition) is 0. The van der Waals surface area contributed by atoms with Crippen molar-refractivity contribution < 1.29 is 33.5 Å². The summed E-state index contributed by atoms with van der Waals surface area (Å²) >= 11 is 0. The van der Waals surface area contributed by atoms with Crippen LogP contribution in [0.1, 0.15) is 5.56 Å². The first-order chi connectivity index (χ1) is 6.81. The summed E-state index contributed by atoms with van der Waals surface area (Å²) in [5.74, 6) is -0.531. The summed E-state index contributed by atoms with van der Waals surface area (Å²) in [5.41, 5.74) is 0.424. The van der Waals surface area contributed by atoms with E-state index in [0.717, 1.165) is 6.07 Å². The summed E-state index contributed by atoms with van der Waals surface area (Å²) in [7, 11) is 0. The molecule has 2 rings (SSSR count). The molecule has 0 atom stereocenters. The Bertz CT molecular complexity index is 462. The van der Waals surface area contributed by atoms with E-state index in [1.54, 1.807) is 6.29 Å². The van der Waals surface area contributed by atoms with E-state index in [0.29, 0.717) is 0 Å². The Balaban J connectivity index is 0.00000112. The van der Waals surface area contributed by atoms with Crippen molar-refractivity contribution in [2.24, 2.45) is 0 Å². The Morgan fingerprint density at radius 1 is 1.38 bits per heavy atom. The zero-order valence-corrected chi connectivity index (χ0v) is 8.46. The number of aromatic nitrogens is 3. The van der Waals surface area contributed by atoms with Gasteiger partial charge in [0.15, 0.2) is 0 Å². The van der Waals surface area contributed by atoms with Crippen LogP contribution in [0.25, 0.3) is 5.69 Å². The van der Waals surface area contributed by atoms with Crippen LogP contribution in [0.2, 0.25) is 0 Å². The summed E-state index contributed by atoms with van der Waals surface area (Å²) in [6, 6.07) is 4.02. The maximum Gasteiger partial charge on any atom is 1.00 e. The van der Waals surface area contributed by atoms with Crippen molar-refractivity contribution in [2.45, 2.75) is 0 Å². The average molecular weight is 214 g/mol. The normalized spacial score (nSPS) is 8.81. The quantitative estimate of drug-likeness (QED) is 0.415. The average Bonchev–Trinajstić information content (AvgIpc) is 2.70. The fourth-order valence-corrected chi connectivity index (χ4v) is 1.09. The van der Waals surface area contributed by atoms with Crippen molar-refractivity contribution in [3.05, 3.63) is 42.2 Å². The molecule has 1 heterocycles. The molecule has 1 aromatic carbocycles. The van der Waals surface area contributed by atoms with Gasteiger partial charge in [-0.1, -0.05) is 6.07 Å². The molecule has 0 fully saturated rings. The third-order valence-electron chi connectivity index (χ3n) is 1.73. The number of rotatable bonds is 2. The Morgan fingerprint density at radius 3 is 2.62 bits per heavy atom. The largest absolute Gasteiger partial charge is 1.00 e. The molecule has 0 radical (unpaired) electrons. The monoisotopic (exact) mass is 214 g/mol. The molecule has 0 saturated heterocycles. The predicted octanol–water partition coefficient (Wildman–Crippen LogP) is -2.31. The summed E-state index contributed by atoms with van der Waals surface area (Å²) < 4.78 is 14.6.